The summed E-state index contributed by atoms with van der Waals surface area (Å²) in [4.78, 5) is 43.9. The molecular weight excluding hydrogens is 681 g/mol. The van der Waals surface area contributed by atoms with E-state index in [9.17, 15) is 9.59 Å². The fourth-order valence-corrected chi connectivity index (χ4v) is 6.00. The van der Waals surface area contributed by atoms with Gasteiger partial charge in [0, 0.05) is 64.1 Å². The van der Waals surface area contributed by atoms with E-state index in [1.54, 1.807) is 24.8 Å². The Balaban J connectivity index is 0.000000185. The Morgan fingerprint density at radius 2 is 1.09 bits per heavy atom. The third kappa shape index (κ3) is 10.8. The average Bonchev–Trinajstić information content (AvgIpc) is 3.72. The normalized spacial score (nSPS) is 12.5. The molecular formula is C42H46N8O4. The number of aryl methyl sites for hydroxylation is 1. The molecule has 54 heavy (non-hydrogen) atoms. The van der Waals surface area contributed by atoms with E-state index in [-0.39, 0.29) is 11.1 Å². The van der Waals surface area contributed by atoms with Crippen molar-refractivity contribution in [2.45, 2.75) is 51.9 Å². The first-order valence-electron chi connectivity index (χ1n) is 18.0. The fourth-order valence-electron chi connectivity index (χ4n) is 6.00. The number of nitrogens with zero attached hydrogens (tertiary/aromatic N) is 8. The van der Waals surface area contributed by atoms with Crippen LogP contribution in [0.3, 0.4) is 0 Å². The van der Waals surface area contributed by atoms with Crippen LogP contribution in [-0.4, -0.2) is 88.2 Å². The second-order valence-corrected chi connectivity index (χ2v) is 13.9. The summed E-state index contributed by atoms with van der Waals surface area (Å²) in [6.45, 7) is 7.27. The standard InChI is InChI=1S/C22H24N4O2.C20H22N4O2/c1-25(13-16-2-4-17(5-3-16)18-6-7-18)10-11-26-14-21(24-15-26)20-12-19(22(27)28)8-9-23-20;1-15-3-5-16(6-4-15)12-23(2)9-10-24-13-19(22-14-24)18-11-17(20(25)26)7-8-21-18/h2-5,8-9,12,14-15,18H,6-7,10-11,13H2,1H3,(H,27,28);3-8,11,13-14H,9-10,12H2,1-2H3,(H,25,26). The van der Waals surface area contributed by atoms with E-state index in [0.29, 0.717) is 22.8 Å². The van der Waals surface area contributed by atoms with Crippen LogP contribution in [-0.2, 0) is 26.2 Å². The van der Waals surface area contributed by atoms with E-state index >= 15 is 0 Å². The zero-order valence-corrected chi connectivity index (χ0v) is 30.9. The minimum Gasteiger partial charge on any atom is -0.478 e. The van der Waals surface area contributed by atoms with Crippen LogP contribution in [0.4, 0.5) is 0 Å². The molecule has 1 aliphatic carbocycles. The molecule has 0 bridgehead atoms. The molecule has 1 aliphatic rings. The molecule has 4 heterocycles. The third-order valence-electron chi connectivity index (χ3n) is 9.34. The molecule has 0 saturated heterocycles. The van der Waals surface area contributed by atoms with Gasteiger partial charge >= 0.3 is 11.9 Å². The minimum absolute atomic E-state index is 0.211. The SMILES string of the molecule is CN(CCn1cnc(-c2cc(C(=O)O)ccn2)c1)Cc1ccc(C2CC2)cc1.Cc1ccc(CN(C)CCn2cnc(-c3cc(C(=O)O)ccn3)c2)cc1. The van der Waals surface area contributed by atoms with Gasteiger partial charge in [0.2, 0.25) is 0 Å². The van der Waals surface area contributed by atoms with Crippen molar-refractivity contribution >= 4 is 11.9 Å². The maximum atomic E-state index is 11.1. The van der Waals surface area contributed by atoms with Gasteiger partial charge < -0.3 is 29.1 Å². The van der Waals surface area contributed by atoms with Crippen molar-refractivity contribution in [1.29, 1.82) is 0 Å². The molecule has 0 spiro atoms. The summed E-state index contributed by atoms with van der Waals surface area (Å²) >= 11 is 0. The molecule has 6 aromatic rings. The van der Waals surface area contributed by atoms with Crippen LogP contribution >= 0.6 is 0 Å². The predicted octanol–water partition coefficient (Wildman–Crippen LogP) is 6.74. The Morgan fingerprint density at radius 3 is 1.52 bits per heavy atom. The van der Waals surface area contributed by atoms with Gasteiger partial charge in [-0.25, -0.2) is 19.6 Å². The van der Waals surface area contributed by atoms with Crippen LogP contribution in [0.2, 0.25) is 0 Å². The third-order valence-corrected chi connectivity index (χ3v) is 9.34. The van der Waals surface area contributed by atoms with E-state index in [4.69, 9.17) is 10.2 Å². The Labute approximate surface area is 315 Å². The Morgan fingerprint density at radius 1 is 0.648 bits per heavy atom. The summed E-state index contributed by atoms with van der Waals surface area (Å²) in [5, 5.41) is 18.2. The number of aromatic nitrogens is 6. The van der Waals surface area contributed by atoms with Crippen molar-refractivity contribution in [3.63, 3.8) is 0 Å². The molecule has 0 radical (unpaired) electrons. The highest BCUT2D eigenvalue weighted by molar-refractivity contribution is 5.89. The smallest absolute Gasteiger partial charge is 0.335 e. The van der Waals surface area contributed by atoms with Gasteiger partial charge in [-0.05, 0) is 80.7 Å². The molecule has 12 heteroatoms. The van der Waals surface area contributed by atoms with Crippen molar-refractivity contribution < 1.29 is 19.8 Å². The molecule has 1 fully saturated rings. The van der Waals surface area contributed by atoms with Gasteiger partial charge in [0.15, 0.2) is 0 Å². The molecule has 4 aromatic heterocycles. The zero-order valence-electron chi connectivity index (χ0n) is 30.9. The lowest BCUT2D eigenvalue weighted by Gasteiger charge is -2.17. The lowest BCUT2D eigenvalue weighted by Crippen LogP contribution is -2.22. The monoisotopic (exact) mass is 726 g/mol. The minimum atomic E-state index is -0.967. The average molecular weight is 727 g/mol. The molecule has 1 saturated carbocycles. The molecule has 0 amide bonds. The van der Waals surface area contributed by atoms with Crippen LogP contribution in [0.5, 0.6) is 0 Å². The molecule has 2 aromatic carbocycles. The van der Waals surface area contributed by atoms with Crippen LogP contribution in [0.25, 0.3) is 22.8 Å². The van der Waals surface area contributed by atoms with E-state index < -0.39 is 11.9 Å². The molecule has 0 unspecified atom stereocenters. The molecule has 2 N–H and O–H groups in total. The van der Waals surface area contributed by atoms with Gasteiger partial charge in [0.1, 0.15) is 11.4 Å². The summed E-state index contributed by atoms with van der Waals surface area (Å²) in [6, 6.07) is 23.6. The van der Waals surface area contributed by atoms with Crippen molar-refractivity contribution in [2.24, 2.45) is 0 Å². The van der Waals surface area contributed by atoms with Crippen LogP contribution in [0.1, 0.15) is 61.7 Å². The number of carboxylic acids is 2. The Kier molecular flexibility index (Phi) is 12.4. The Hall–Kier alpha value is -5.98. The number of rotatable bonds is 15. The lowest BCUT2D eigenvalue weighted by molar-refractivity contribution is 0.0686. The van der Waals surface area contributed by atoms with Crippen LogP contribution < -0.4 is 0 Å². The summed E-state index contributed by atoms with van der Waals surface area (Å²) in [7, 11) is 4.21. The molecule has 0 atom stereocenters. The van der Waals surface area contributed by atoms with Gasteiger partial charge in [0.05, 0.1) is 35.2 Å². The summed E-state index contributed by atoms with van der Waals surface area (Å²) < 4.78 is 4.01. The molecule has 7 rings (SSSR count). The summed E-state index contributed by atoms with van der Waals surface area (Å²) in [5.74, 6) is -1.13. The van der Waals surface area contributed by atoms with Crippen molar-refractivity contribution in [3.05, 3.63) is 144 Å². The van der Waals surface area contributed by atoms with Gasteiger partial charge in [-0.1, -0.05) is 54.1 Å². The molecule has 278 valence electrons. The van der Waals surface area contributed by atoms with Crippen molar-refractivity contribution in [2.75, 3.05) is 27.2 Å². The first-order chi connectivity index (χ1) is 26.1. The van der Waals surface area contributed by atoms with Crippen molar-refractivity contribution in [1.82, 2.24) is 38.9 Å². The lowest BCUT2D eigenvalue weighted by atomic mass is 10.1. The number of imidazole rings is 2. The van der Waals surface area contributed by atoms with Gasteiger partial charge in [-0.3, -0.25) is 9.97 Å². The largest absolute Gasteiger partial charge is 0.478 e. The topological polar surface area (TPSA) is 142 Å². The van der Waals surface area contributed by atoms with Gasteiger partial charge in [-0.2, -0.15) is 0 Å². The number of carboxylic acid groups (broad SMARTS) is 2. The van der Waals surface area contributed by atoms with E-state index in [0.717, 1.165) is 45.2 Å². The molecule has 12 nitrogen and oxygen atoms in total. The predicted molar refractivity (Wildman–Crippen MR) is 207 cm³/mol. The van der Waals surface area contributed by atoms with Crippen LogP contribution in [0.15, 0.2) is 110 Å². The first kappa shape index (κ1) is 37.8. The highest BCUT2D eigenvalue weighted by Gasteiger charge is 2.23. The highest BCUT2D eigenvalue weighted by Crippen LogP contribution is 2.39. The highest BCUT2D eigenvalue weighted by atomic mass is 16.4. The maximum absolute atomic E-state index is 11.1. The Bertz CT molecular complexity index is 2160. The molecule has 0 aliphatic heterocycles. The first-order valence-corrected chi connectivity index (χ1v) is 18.0. The maximum Gasteiger partial charge on any atom is 0.335 e. The van der Waals surface area contributed by atoms with E-state index in [1.165, 1.54) is 59.6 Å². The number of pyridine rings is 2. The zero-order chi connectivity index (χ0) is 38.0. The summed E-state index contributed by atoms with van der Waals surface area (Å²) in [6.07, 6.45) is 13.0. The quantitative estimate of drug-likeness (QED) is 0.117. The fraction of sp³-hybridized carbons (Fsp3) is 0.286. The van der Waals surface area contributed by atoms with Gasteiger partial charge in [0.25, 0.3) is 0 Å². The van der Waals surface area contributed by atoms with Crippen molar-refractivity contribution in [3.8, 4) is 22.8 Å². The second kappa shape index (κ2) is 17.7. The summed E-state index contributed by atoms with van der Waals surface area (Å²) in [5.41, 5.74) is 8.28. The number of aromatic carboxylic acids is 2. The van der Waals surface area contributed by atoms with Gasteiger partial charge in [-0.15, -0.1) is 0 Å². The van der Waals surface area contributed by atoms with E-state index in [1.807, 2.05) is 21.5 Å². The van der Waals surface area contributed by atoms with E-state index in [2.05, 4.69) is 99.3 Å². The van der Waals surface area contributed by atoms with Crippen LogP contribution in [0, 0.1) is 6.92 Å². The number of benzene rings is 2. The number of likely N-dealkylation sites (N-methyl/N-ethyl adjacent to an activating group) is 2. The number of carbonyl (C=O) groups is 2. The number of hydrogen-bond acceptors (Lipinski definition) is 8. The number of hydrogen-bond donors (Lipinski definition) is 2. The second-order valence-electron chi connectivity index (χ2n) is 13.9.